The zero-order chi connectivity index (χ0) is 20.1. The second kappa shape index (κ2) is 7.02. The first-order valence-electron chi connectivity index (χ1n) is 10.1. The van der Waals surface area contributed by atoms with Crippen molar-refractivity contribution < 1.29 is 9.59 Å². The summed E-state index contributed by atoms with van der Waals surface area (Å²) in [5, 5.41) is 1.11. The van der Waals surface area contributed by atoms with Gasteiger partial charge in [0, 0.05) is 34.0 Å². The zero-order valence-corrected chi connectivity index (χ0v) is 17.8. The van der Waals surface area contributed by atoms with E-state index in [-0.39, 0.29) is 18.0 Å². The Kier molecular flexibility index (Phi) is 4.46. The molecule has 0 saturated carbocycles. The van der Waals surface area contributed by atoms with Gasteiger partial charge in [-0.2, -0.15) is 0 Å². The van der Waals surface area contributed by atoms with Crippen molar-refractivity contribution in [1.82, 2.24) is 14.8 Å². The fourth-order valence-electron chi connectivity index (χ4n) is 4.65. The summed E-state index contributed by atoms with van der Waals surface area (Å²) in [5.74, 6) is -0.0700. The number of fused-ring (bicyclic) bond motifs is 4. The smallest absolute Gasteiger partial charge is 0.328 e. The van der Waals surface area contributed by atoms with Crippen LogP contribution in [0.2, 0.25) is 0 Å². The van der Waals surface area contributed by atoms with E-state index in [1.165, 1.54) is 4.90 Å². The summed E-state index contributed by atoms with van der Waals surface area (Å²) in [5.41, 5.74) is 4.19. The molecule has 0 aliphatic carbocycles. The number of nitrogens with one attached hydrogen (secondary N) is 1. The molecule has 1 aromatic heterocycles. The fraction of sp³-hybridized carbons (Fsp3) is 0.304. The summed E-state index contributed by atoms with van der Waals surface area (Å²) < 4.78 is 1.00. The van der Waals surface area contributed by atoms with Crippen LogP contribution >= 0.6 is 15.9 Å². The predicted molar refractivity (Wildman–Crippen MR) is 116 cm³/mol. The van der Waals surface area contributed by atoms with Crippen LogP contribution in [0.4, 0.5) is 4.79 Å². The van der Waals surface area contributed by atoms with Crippen LogP contribution in [-0.2, 0) is 11.2 Å². The Bertz CT molecular complexity index is 1110. The Balaban J connectivity index is 1.69. The number of carbonyl (C=O) groups is 2. The summed E-state index contributed by atoms with van der Waals surface area (Å²) in [6, 6.07) is 15.2. The van der Waals surface area contributed by atoms with Crippen molar-refractivity contribution in [1.29, 1.82) is 0 Å². The van der Waals surface area contributed by atoms with Gasteiger partial charge < -0.3 is 4.98 Å². The molecule has 0 spiro atoms. The minimum absolute atomic E-state index is 0.0700. The molecule has 3 heterocycles. The highest BCUT2D eigenvalue weighted by molar-refractivity contribution is 9.10. The van der Waals surface area contributed by atoms with Gasteiger partial charge in [0.15, 0.2) is 0 Å². The first-order valence-corrected chi connectivity index (χ1v) is 10.9. The van der Waals surface area contributed by atoms with E-state index in [1.807, 2.05) is 42.5 Å². The Labute approximate surface area is 177 Å². The van der Waals surface area contributed by atoms with Crippen molar-refractivity contribution in [2.75, 3.05) is 6.54 Å². The monoisotopic (exact) mass is 451 g/mol. The summed E-state index contributed by atoms with van der Waals surface area (Å²) >= 11 is 3.57. The van der Waals surface area contributed by atoms with Crippen LogP contribution in [0.5, 0.6) is 0 Å². The van der Waals surface area contributed by atoms with E-state index in [0.717, 1.165) is 45.0 Å². The number of aromatic nitrogens is 1. The number of amides is 3. The molecule has 148 valence electrons. The molecule has 5 rings (SSSR count). The zero-order valence-electron chi connectivity index (χ0n) is 16.2. The normalized spacial score (nSPS) is 21.0. The number of unbranched alkanes of at least 4 members (excludes halogenated alkanes) is 1. The van der Waals surface area contributed by atoms with Crippen LogP contribution in [0.25, 0.3) is 10.9 Å². The van der Waals surface area contributed by atoms with E-state index < -0.39 is 6.04 Å². The Hall–Kier alpha value is -2.60. The first kappa shape index (κ1) is 18.4. The number of nitrogens with zero attached hydrogens (tertiary/aromatic N) is 2. The lowest BCUT2D eigenvalue weighted by atomic mass is 9.89. The molecule has 0 radical (unpaired) electrons. The minimum atomic E-state index is -0.449. The molecule has 3 aromatic rings. The third-order valence-electron chi connectivity index (χ3n) is 6.04. The maximum absolute atomic E-state index is 13.3. The van der Waals surface area contributed by atoms with Crippen LogP contribution in [-0.4, -0.2) is 39.3 Å². The van der Waals surface area contributed by atoms with E-state index in [4.69, 9.17) is 0 Å². The molecule has 3 amide bonds. The molecule has 2 aliphatic rings. The van der Waals surface area contributed by atoms with Crippen LogP contribution < -0.4 is 0 Å². The van der Waals surface area contributed by atoms with E-state index >= 15 is 0 Å². The van der Waals surface area contributed by atoms with E-state index in [2.05, 4.69) is 33.9 Å². The molecule has 2 aromatic carbocycles. The SMILES string of the molecule is CCCCN1C(=O)C2Cc3c([nH]c4ccc(Br)cc34)C(c3ccccc3)N2C1=O. The average Bonchev–Trinajstić information content (AvgIpc) is 3.21. The van der Waals surface area contributed by atoms with Crippen molar-refractivity contribution in [3.05, 3.63) is 69.8 Å². The molecule has 0 bridgehead atoms. The molecule has 1 fully saturated rings. The number of benzene rings is 2. The molecule has 5 nitrogen and oxygen atoms in total. The van der Waals surface area contributed by atoms with Crippen molar-refractivity contribution in [2.45, 2.75) is 38.3 Å². The number of urea groups is 1. The number of rotatable bonds is 4. The number of halogens is 1. The van der Waals surface area contributed by atoms with Crippen molar-refractivity contribution in [3.63, 3.8) is 0 Å². The third kappa shape index (κ3) is 2.81. The molecular formula is C23H22BrN3O2. The minimum Gasteiger partial charge on any atom is -0.356 e. The molecule has 2 aliphatic heterocycles. The highest BCUT2D eigenvalue weighted by Crippen LogP contribution is 2.44. The number of carbonyl (C=O) groups excluding carboxylic acids is 2. The van der Waals surface area contributed by atoms with Crippen LogP contribution in [0, 0.1) is 0 Å². The maximum atomic E-state index is 13.3. The maximum Gasteiger partial charge on any atom is 0.328 e. The lowest BCUT2D eigenvalue weighted by Crippen LogP contribution is -2.44. The second-order valence-electron chi connectivity index (χ2n) is 7.77. The fourth-order valence-corrected chi connectivity index (χ4v) is 5.01. The largest absolute Gasteiger partial charge is 0.356 e. The number of aromatic amines is 1. The van der Waals surface area contributed by atoms with Gasteiger partial charge in [-0.25, -0.2) is 4.79 Å². The van der Waals surface area contributed by atoms with E-state index in [0.29, 0.717) is 13.0 Å². The van der Waals surface area contributed by atoms with Crippen molar-refractivity contribution in [2.24, 2.45) is 0 Å². The van der Waals surface area contributed by atoms with Crippen molar-refractivity contribution >= 4 is 38.8 Å². The number of H-pyrrole nitrogens is 1. The molecule has 6 heteroatoms. The quantitative estimate of drug-likeness (QED) is 0.566. The Morgan fingerprint density at radius 1 is 1.14 bits per heavy atom. The first-order chi connectivity index (χ1) is 14.1. The van der Waals surface area contributed by atoms with Crippen LogP contribution in [0.3, 0.4) is 0 Å². The summed E-state index contributed by atoms with van der Waals surface area (Å²) in [4.78, 5) is 33.3. The van der Waals surface area contributed by atoms with Gasteiger partial charge in [-0.15, -0.1) is 0 Å². The Morgan fingerprint density at radius 2 is 1.93 bits per heavy atom. The lowest BCUT2D eigenvalue weighted by Gasteiger charge is -2.36. The number of imide groups is 1. The van der Waals surface area contributed by atoms with E-state index in [9.17, 15) is 9.59 Å². The van der Waals surface area contributed by atoms with Gasteiger partial charge in [-0.05, 0) is 35.7 Å². The molecule has 29 heavy (non-hydrogen) atoms. The van der Waals surface area contributed by atoms with Gasteiger partial charge >= 0.3 is 6.03 Å². The van der Waals surface area contributed by atoms with Gasteiger partial charge in [0.25, 0.3) is 5.91 Å². The lowest BCUT2D eigenvalue weighted by molar-refractivity contribution is -0.128. The molecule has 2 atom stereocenters. The summed E-state index contributed by atoms with van der Waals surface area (Å²) in [6.45, 7) is 2.56. The molecule has 2 unspecified atom stereocenters. The topological polar surface area (TPSA) is 56.4 Å². The Morgan fingerprint density at radius 3 is 2.69 bits per heavy atom. The predicted octanol–water partition coefficient (Wildman–Crippen LogP) is 5.01. The van der Waals surface area contributed by atoms with Crippen LogP contribution in [0.15, 0.2) is 53.0 Å². The number of hydrogen-bond donors (Lipinski definition) is 1. The third-order valence-corrected chi connectivity index (χ3v) is 6.53. The summed E-state index contributed by atoms with van der Waals surface area (Å²) in [7, 11) is 0. The average molecular weight is 452 g/mol. The highest BCUT2D eigenvalue weighted by atomic mass is 79.9. The van der Waals surface area contributed by atoms with Gasteiger partial charge in [0.1, 0.15) is 12.1 Å². The van der Waals surface area contributed by atoms with E-state index in [1.54, 1.807) is 4.90 Å². The standard InChI is InChI=1S/C23H22BrN3O2/c1-2-3-11-26-22(28)19-13-17-16-12-15(24)9-10-18(16)25-20(17)21(27(19)23(26)29)14-7-5-4-6-8-14/h4-10,12,19,21,25H,2-3,11,13H2,1H3. The van der Waals surface area contributed by atoms with Gasteiger partial charge in [0.05, 0.1) is 0 Å². The van der Waals surface area contributed by atoms with Crippen molar-refractivity contribution in [3.8, 4) is 0 Å². The molecular weight excluding hydrogens is 430 g/mol. The number of hydrogen-bond acceptors (Lipinski definition) is 2. The van der Waals surface area contributed by atoms with Gasteiger partial charge in [-0.3, -0.25) is 14.6 Å². The molecule has 1 saturated heterocycles. The molecule has 1 N–H and O–H groups in total. The van der Waals surface area contributed by atoms with Gasteiger partial charge in [-0.1, -0.05) is 59.6 Å². The highest BCUT2D eigenvalue weighted by Gasteiger charge is 2.52. The summed E-state index contributed by atoms with van der Waals surface area (Å²) in [6.07, 6.45) is 2.32. The van der Waals surface area contributed by atoms with Gasteiger partial charge in [0.2, 0.25) is 0 Å². The van der Waals surface area contributed by atoms with Crippen LogP contribution in [0.1, 0.15) is 42.6 Å². The second-order valence-corrected chi connectivity index (χ2v) is 8.69.